The molecule has 110 valence electrons. The van der Waals surface area contributed by atoms with E-state index in [4.69, 9.17) is 0 Å². The van der Waals surface area contributed by atoms with Crippen LogP contribution in [-0.4, -0.2) is 12.5 Å². The molecule has 1 aromatic carbocycles. The van der Waals surface area contributed by atoms with Gasteiger partial charge in [-0.05, 0) is 42.9 Å². The third-order valence-corrected chi connectivity index (χ3v) is 4.95. The van der Waals surface area contributed by atoms with E-state index in [1.54, 1.807) is 0 Å². The van der Waals surface area contributed by atoms with Crippen LogP contribution in [0, 0.1) is 11.8 Å². The van der Waals surface area contributed by atoms with Gasteiger partial charge in [-0.2, -0.15) is 0 Å². The first-order valence-corrected chi connectivity index (χ1v) is 8.57. The SMILES string of the molecule is CC1CCCC(CCNC(=O)c2ccc(Br)cc2S)C1. The summed E-state index contributed by atoms with van der Waals surface area (Å²) >= 11 is 7.73. The van der Waals surface area contributed by atoms with E-state index < -0.39 is 0 Å². The van der Waals surface area contributed by atoms with E-state index in [1.807, 2.05) is 18.2 Å². The van der Waals surface area contributed by atoms with Crippen LogP contribution >= 0.6 is 28.6 Å². The molecule has 1 aliphatic carbocycles. The monoisotopic (exact) mass is 355 g/mol. The Morgan fingerprint density at radius 3 is 2.95 bits per heavy atom. The number of benzene rings is 1. The Morgan fingerprint density at radius 1 is 1.45 bits per heavy atom. The fraction of sp³-hybridized carbons (Fsp3) is 0.562. The highest BCUT2D eigenvalue weighted by atomic mass is 79.9. The van der Waals surface area contributed by atoms with Gasteiger partial charge in [-0.1, -0.05) is 42.1 Å². The van der Waals surface area contributed by atoms with Gasteiger partial charge < -0.3 is 5.32 Å². The molecule has 1 fully saturated rings. The molecule has 0 spiro atoms. The molecule has 4 heteroatoms. The smallest absolute Gasteiger partial charge is 0.252 e. The van der Waals surface area contributed by atoms with Gasteiger partial charge in [0.15, 0.2) is 0 Å². The highest BCUT2D eigenvalue weighted by Gasteiger charge is 2.18. The number of amides is 1. The van der Waals surface area contributed by atoms with Gasteiger partial charge in [-0.3, -0.25) is 4.79 Å². The fourth-order valence-electron chi connectivity index (χ4n) is 3.00. The van der Waals surface area contributed by atoms with Gasteiger partial charge in [0.25, 0.3) is 5.91 Å². The second-order valence-corrected chi connectivity index (χ2v) is 7.24. The second-order valence-electron chi connectivity index (χ2n) is 5.84. The predicted molar refractivity (Wildman–Crippen MR) is 89.5 cm³/mol. The van der Waals surface area contributed by atoms with Crippen LogP contribution in [0.5, 0.6) is 0 Å². The molecule has 2 atom stereocenters. The van der Waals surface area contributed by atoms with Crippen LogP contribution < -0.4 is 5.32 Å². The number of nitrogens with one attached hydrogen (secondary N) is 1. The number of carbonyl (C=O) groups excluding carboxylic acids is 1. The Balaban J connectivity index is 1.80. The summed E-state index contributed by atoms with van der Waals surface area (Å²) in [5.74, 6) is 1.60. The highest BCUT2D eigenvalue weighted by Crippen LogP contribution is 2.30. The molecule has 0 aliphatic heterocycles. The molecule has 0 radical (unpaired) electrons. The van der Waals surface area contributed by atoms with E-state index >= 15 is 0 Å². The summed E-state index contributed by atoms with van der Waals surface area (Å²) in [6, 6.07) is 5.53. The average Bonchev–Trinajstić information content (AvgIpc) is 2.38. The lowest BCUT2D eigenvalue weighted by Gasteiger charge is -2.26. The van der Waals surface area contributed by atoms with Gasteiger partial charge >= 0.3 is 0 Å². The van der Waals surface area contributed by atoms with E-state index in [9.17, 15) is 4.79 Å². The molecule has 0 heterocycles. The quantitative estimate of drug-likeness (QED) is 0.754. The fourth-order valence-corrected chi connectivity index (χ4v) is 3.86. The van der Waals surface area contributed by atoms with Crippen molar-refractivity contribution in [2.45, 2.75) is 43.9 Å². The lowest BCUT2D eigenvalue weighted by atomic mass is 9.81. The van der Waals surface area contributed by atoms with Crippen LogP contribution in [0.1, 0.15) is 49.4 Å². The predicted octanol–water partition coefficient (Wildman–Crippen LogP) is 4.68. The summed E-state index contributed by atoms with van der Waals surface area (Å²) in [6.07, 6.45) is 6.43. The standard InChI is InChI=1S/C16H22BrNOS/c1-11-3-2-4-12(9-11)7-8-18-16(19)14-6-5-13(17)10-15(14)20/h5-6,10-12,20H,2-4,7-9H2,1H3,(H,18,19). The lowest BCUT2D eigenvalue weighted by molar-refractivity contribution is 0.0946. The van der Waals surface area contributed by atoms with Gasteiger partial charge in [-0.15, -0.1) is 12.6 Å². The van der Waals surface area contributed by atoms with Crippen LogP contribution in [0.3, 0.4) is 0 Å². The summed E-state index contributed by atoms with van der Waals surface area (Å²) in [4.78, 5) is 12.8. The summed E-state index contributed by atoms with van der Waals surface area (Å²) in [6.45, 7) is 3.10. The maximum Gasteiger partial charge on any atom is 0.252 e. The molecule has 0 aromatic heterocycles. The molecule has 2 nitrogen and oxygen atoms in total. The van der Waals surface area contributed by atoms with E-state index in [1.165, 1.54) is 25.7 Å². The molecule has 1 aliphatic rings. The second kappa shape index (κ2) is 7.51. The van der Waals surface area contributed by atoms with Crippen molar-refractivity contribution in [3.8, 4) is 0 Å². The largest absolute Gasteiger partial charge is 0.352 e. The molecule has 2 rings (SSSR count). The topological polar surface area (TPSA) is 29.1 Å². The third-order valence-electron chi connectivity index (χ3n) is 4.09. The number of carbonyl (C=O) groups is 1. The number of halogens is 1. The molecule has 1 amide bonds. The van der Waals surface area contributed by atoms with E-state index in [-0.39, 0.29) is 5.91 Å². The maximum atomic E-state index is 12.1. The maximum absolute atomic E-state index is 12.1. The zero-order chi connectivity index (χ0) is 14.5. The van der Waals surface area contributed by atoms with Gasteiger partial charge in [0.2, 0.25) is 0 Å². The summed E-state index contributed by atoms with van der Waals surface area (Å²) in [7, 11) is 0. The summed E-state index contributed by atoms with van der Waals surface area (Å²) in [5.41, 5.74) is 0.647. The van der Waals surface area contributed by atoms with Crippen molar-refractivity contribution >= 4 is 34.5 Å². The first-order valence-electron chi connectivity index (χ1n) is 7.33. The summed E-state index contributed by atoms with van der Waals surface area (Å²) in [5, 5.41) is 3.02. The van der Waals surface area contributed by atoms with E-state index in [0.29, 0.717) is 10.5 Å². The van der Waals surface area contributed by atoms with Gasteiger partial charge in [0.05, 0.1) is 5.56 Å². The van der Waals surface area contributed by atoms with Crippen molar-refractivity contribution in [1.29, 1.82) is 0 Å². The van der Waals surface area contributed by atoms with Crippen molar-refractivity contribution in [3.63, 3.8) is 0 Å². The Morgan fingerprint density at radius 2 is 2.25 bits per heavy atom. The van der Waals surface area contributed by atoms with Gasteiger partial charge in [0, 0.05) is 15.9 Å². The average molecular weight is 356 g/mol. The third kappa shape index (κ3) is 4.52. The van der Waals surface area contributed by atoms with Gasteiger partial charge in [0.1, 0.15) is 0 Å². The van der Waals surface area contributed by atoms with Crippen molar-refractivity contribution in [2.75, 3.05) is 6.54 Å². The Bertz CT molecular complexity index is 478. The van der Waals surface area contributed by atoms with Gasteiger partial charge in [-0.25, -0.2) is 0 Å². The first-order chi connectivity index (χ1) is 9.56. The number of hydrogen-bond donors (Lipinski definition) is 2. The molecule has 2 unspecified atom stereocenters. The summed E-state index contributed by atoms with van der Waals surface area (Å²) < 4.78 is 0.940. The van der Waals surface area contributed by atoms with Crippen LogP contribution in [0.4, 0.5) is 0 Å². The minimum absolute atomic E-state index is 0.0219. The molecular weight excluding hydrogens is 334 g/mol. The molecule has 1 aromatic rings. The van der Waals surface area contributed by atoms with Crippen LogP contribution in [0.25, 0.3) is 0 Å². The molecule has 1 saturated carbocycles. The molecular formula is C16H22BrNOS. The Labute approximate surface area is 135 Å². The normalized spacial score (nSPS) is 22.6. The lowest BCUT2D eigenvalue weighted by Crippen LogP contribution is -2.27. The van der Waals surface area contributed by atoms with Crippen LogP contribution in [0.15, 0.2) is 27.6 Å². The molecule has 0 bridgehead atoms. The minimum atomic E-state index is -0.0219. The first kappa shape index (κ1) is 15.9. The number of thiol groups is 1. The highest BCUT2D eigenvalue weighted by molar-refractivity contribution is 9.10. The molecule has 0 saturated heterocycles. The van der Waals surface area contributed by atoms with Crippen molar-refractivity contribution in [1.82, 2.24) is 5.32 Å². The van der Waals surface area contributed by atoms with Crippen LogP contribution in [-0.2, 0) is 0 Å². The Hall–Kier alpha value is -0.480. The van der Waals surface area contributed by atoms with E-state index in [0.717, 1.165) is 29.3 Å². The van der Waals surface area contributed by atoms with Crippen molar-refractivity contribution < 1.29 is 4.79 Å². The zero-order valence-electron chi connectivity index (χ0n) is 11.9. The number of rotatable bonds is 4. The van der Waals surface area contributed by atoms with Crippen molar-refractivity contribution in [2.24, 2.45) is 11.8 Å². The molecule has 20 heavy (non-hydrogen) atoms. The number of hydrogen-bond acceptors (Lipinski definition) is 2. The Kier molecular flexibility index (Phi) is 5.97. The van der Waals surface area contributed by atoms with E-state index in [2.05, 4.69) is 40.8 Å². The zero-order valence-corrected chi connectivity index (χ0v) is 14.3. The van der Waals surface area contributed by atoms with Crippen molar-refractivity contribution in [3.05, 3.63) is 28.2 Å². The van der Waals surface area contributed by atoms with Crippen LogP contribution in [0.2, 0.25) is 0 Å². The molecule has 1 N–H and O–H groups in total. The minimum Gasteiger partial charge on any atom is -0.352 e.